The van der Waals surface area contributed by atoms with Crippen molar-refractivity contribution in [3.05, 3.63) is 41.0 Å². The van der Waals surface area contributed by atoms with Crippen LogP contribution < -0.4 is 5.32 Å². The van der Waals surface area contributed by atoms with Crippen molar-refractivity contribution < 1.29 is 19.4 Å². The molecule has 7 heteroatoms. The maximum atomic E-state index is 12.9. The van der Waals surface area contributed by atoms with Gasteiger partial charge in [0.1, 0.15) is 0 Å². The van der Waals surface area contributed by atoms with Gasteiger partial charge >= 0.3 is 0 Å². The molecule has 0 saturated carbocycles. The Hall–Kier alpha value is -1.57. The zero-order chi connectivity index (χ0) is 17.1. The lowest BCUT2D eigenvalue weighted by atomic mass is 10.2. The number of amides is 1. The fourth-order valence-electron chi connectivity index (χ4n) is 1.60. The van der Waals surface area contributed by atoms with E-state index in [2.05, 4.69) is 18.3 Å². The Labute approximate surface area is 143 Å². The highest BCUT2D eigenvalue weighted by molar-refractivity contribution is 7.98. The molecule has 0 fully saturated rings. The zero-order valence-electron chi connectivity index (χ0n) is 12.8. The molecule has 0 aliphatic heterocycles. The minimum Gasteiger partial charge on any atom is -0.505 e. The van der Waals surface area contributed by atoms with E-state index in [0.717, 1.165) is 21.9 Å². The van der Waals surface area contributed by atoms with E-state index >= 15 is 0 Å². The van der Waals surface area contributed by atoms with Crippen LogP contribution in [0.25, 0.3) is 10.4 Å². The minimum atomic E-state index is -0.577. The summed E-state index contributed by atoms with van der Waals surface area (Å²) in [5.41, 5.74) is 0.863. The maximum Gasteiger partial charge on any atom is 0.207 e. The van der Waals surface area contributed by atoms with Crippen molar-refractivity contribution in [1.82, 2.24) is 5.32 Å². The fourth-order valence-corrected chi connectivity index (χ4v) is 3.39. The first-order chi connectivity index (χ1) is 11.1. The minimum absolute atomic E-state index is 0.0126. The van der Waals surface area contributed by atoms with Crippen LogP contribution in [0, 0.1) is 5.82 Å². The van der Waals surface area contributed by atoms with E-state index in [4.69, 9.17) is 5.11 Å². The van der Waals surface area contributed by atoms with Gasteiger partial charge in [0, 0.05) is 22.1 Å². The Morgan fingerprint density at radius 1 is 1.35 bits per heavy atom. The van der Waals surface area contributed by atoms with E-state index < -0.39 is 5.82 Å². The first kappa shape index (κ1) is 19.5. The summed E-state index contributed by atoms with van der Waals surface area (Å²) >= 11 is 3.56. The first-order valence-corrected chi connectivity index (χ1v) is 9.02. The lowest BCUT2D eigenvalue weighted by Crippen LogP contribution is -2.14. The molecule has 4 nitrogen and oxygen atoms in total. The Morgan fingerprint density at radius 3 is 2.70 bits per heavy atom. The van der Waals surface area contributed by atoms with Crippen LogP contribution in [-0.2, 0) is 10.5 Å². The van der Waals surface area contributed by atoms with Crippen LogP contribution >= 0.6 is 23.1 Å². The number of nitrogens with one attached hydrogen (secondary N) is 1. The molecule has 0 atom stereocenters. The third-order valence-electron chi connectivity index (χ3n) is 2.68. The Morgan fingerprint density at radius 2 is 2.13 bits per heavy atom. The number of thioether (sulfide) groups is 1. The maximum absolute atomic E-state index is 12.9. The number of hydrogen-bond donors (Lipinski definition) is 3. The summed E-state index contributed by atoms with van der Waals surface area (Å²) in [5, 5.41) is 19.6. The van der Waals surface area contributed by atoms with Gasteiger partial charge in [-0.15, -0.1) is 11.3 Å². The number of rotatable bonds is 7. The third kappa shape index (κ3) is 7.02. The number of halogens is 1. The zero-order valence-corrected chi connectivity index (χ0v) is 14.4. The van der Waals surface area contributed by atoms with Crippen LogP contribution in [-0.4, -0.2) is 35.5 Å². The molecule has 0 unspecified atom stereocenters. The number of aromatic hydroxyl groups is 1. The monoisotopic (exact) mass is 357 g/mol. The van der Waals surface area contributed by atoms with Crippen molar-refractivity contribution >= 4 is 29.5 Å². The average Bonchev–Trinajstić information content (AvgIpc) is 3.03. The second kappa shape index (κ2) is 11.0. The SMILES string of the molecule is CCSCc1ccc(-c2ccc(F)c(O)c2)s1.O=CNCCO. The number of hydrogen-bond acceptors (Lipinski definition) is 5. The molecule has 1 aromatic heterocycles. The van der Waals surface area contributed by atoms with Crippen LogP contribution in [0.2, 0.25) is 0 Å². The molecular formula is C16H20FNO3S2. The fraction of sp³-hybridized carbons (Fsp3) is 0.312. The van der Waals surface area contributed by atoms with Crippen molar-refractivity contribution in [3.63, 3.8) is 0 Å². The molecule has 0 saturated heterocycles. The van der Waals surface area contributed by atoms with Crippen molar-refractivity contribution in [3.8, 4) is 16.2 Å². The molecule has 23 heavy (non-hydrogen) atoms. The highest BCUT2D eigenvalue weighted by Crippen LogP contribution is 2.32. The number of carbonyl (C=O) groups is 1. The number of phenols is 1. The molecule has 2 rings (SSSR count). The van der Waals surface area contributed by atoms with E-state index in [0.29, 0.717) is 13.0 Å². The molecule has 0 aliphatic rings. The van der Waals surface area contributed by atoms with Crippen LogP contribution in [0.1, 0.15) is 11.8 Å². The second-order valence-corrected chi connectivity index (χ2v) is 6.81. The van der Waals surface area contributed by atoms with Crippen LogP contribution in [0.4, 0.5) is 4.39 Å². The predicted molar refractivity (Wildman–Crippen MR) is 94.4 cm³/mol. The molecule has 0 aliphatic carbocycles. The number of phenolic OH excluding ortho intramolecular Hbond substituents is 1. The Kier molecular flexibility index (Phi) is 9.35. The molecule has 1 amide bonds. The van der Waals surface area contributed by atoms with E-state index in [-0.39, 0.29) is 12.4 Å². The third-order valence-corrected chi connectivity index (χ3v) is 4.92. The van der Waals surface area contributed by atoms with Gasteiger partial charge in [0.15, 0.2) is 11.6 Å². The largest absolute Gasteiger partial charge is 0.505 e. The Balaban J connectivity index is 0.000000379. The quantitative estimate of drug-likeness (QED) is 0.526. The van der Waals surface area contributed by atoms with Crippen LogP contribution in [0.15, 0.2) is 30.3 Å². The highest BCUT2D eigenvalue weighted by atomic mass is 32.2. The van der Waals surface area contributed by atoms with Gasteiger partial charge in [-0.05, 0) is 35.6 Å². The molecule has 0 spiro atoms. The van der Waals surface area contributed by atoms with Gasteiger partial charge in [0.25, 0.3) is 0 Å². The summed E-state index contributed by atoms with van der Waals surface area (Å²) < 4.78 is 12.9. The average molecular weight is 357 g/mol. The lowest BCUT2D eigenvalue weighted by molar-refractivity contribution is -0.109. The molecule has 0 bridgehead atoms. The van der Waals surface area contributed by atoms with Gasteiger partial charge in [-0.2, -0.15) is 11.8 Å². The normalized spacial score (nSPS) is 9.87. The van der Waals surface area contributed by atoms with Gasteiger partial charge in [-0.25, -0.2) is 4.39 Å². The summed E-state index contributed by atoms with van der Waals surface area (Å²) in [6.45, 7) is 2.50. The predicted octanol–water partition coefficient (Wildman–Crippen LogP) is 3.24. The lowest BCUT2D eigenvalue weighted by Gasteiger charge is -1.99. The first-order valence-electron chi connectivity index (χ1n) is 7.05. The van der Waals surface area contributed by atoms with Gasteiger partial charge in [0.2, 0.25) is 6.41 Å². The number of carbonyl (C=O) groups excluding carboxylic acids is 1. The van der Waals surface area contributed by atoms with Crippen molar-refractivity contribution in [2.24, 2.45) is 0 Å². The number of thiophene rings is 1. The van der Waals surface area contributed by atoms with E-state index in [9.17, 15) is 14.3 Å². The highest BCUT2D eigenvalue weighted by Gasteiger charge is 2.06. The summed E-state index contributed by atoms with van der Waals surface area (Å²) in [6, 6.07) is 8.56. The van der Waals surface area contributed by atoms with Crippen molar-refractivity contribution in [2.45, 2.75) is 12.7 Å². The van der Waals surface area contributed by atoms with E-state index in [1.165, 1.54) is 17.0 Å². The summed E-state index contributed by atoms with van der Waals surface area (Å²) in [4.78, 5) is 11.7. The van der Waals surface area contributed by atoms with E-state index in [1.54, 1.807) is 17.4 Å². The number of benzene rings is 1. The second-order valence-electron chi connectivity index (χ2n) is 4.36. The summed E-state index contributed by atoms with van der Waals surface area (Å²) in [6.07, 6.45) is 0.552. The van der Waals surface area contributed by atoms with Crippen molar-refractivity contribution in [1.29, 1.82) is 0 Å². The molecular weight excluding hydrogens is 337 g/mol. The molecule has 0 radical (unpaired) electrons. The van der Waals surface area contributed by atoms with Gasteiger partial charge < -0.3 is 15.5 Å². The summed E-state index contributed by atoms with van der Waals surface area (Å²) in [5.74, 6) is 1.24. The standard InChI is InChI=1S/C13H13FOS2.C3H7NO2/c1-2-16-8-10-4-6-13(17-10)9-3-5-11(14)12(15)7-9;5-2-1-4-3-6/h3-7,15H,2,8H2,1H3;3,5H,1-2H2,(H,4,6). The van der Waals surface area contributed by atoms with Gasteiger partial charge in [-0.3, -0.25) is 4.79 Å². The molecule has 2 aromatic rings. The molecule has 1 heterocycles. The van der Waals surface area contributed by atoms with E-state index in [1.807, 2.05) is 17.8 Å². The molecule has 126 valence electrons. The number of aliphatic hydroxyl groups excluding tert-OH is 1. The van der Waals surface area contributed by atoms with Gasteiger partial charge in [-0.1, -0.05) is 13.0 Å². The number of aliphatic hydroxyl groups is 1. The molecule has 1 aromatic carbocycles. The topological polar surface area (TPSA) is 69.6 Å². The smallest absolute Gasteiger partial charge is 0.207 e. The van der Waals surface area contributed by atoms with Crippen LogP contribution in [0.3, 0.4) is 0 Å². The van der Waals surface area contributed by atoms with Crippen molar-refractivity contribution in [2.75, 3.05) is 18.9 Å². The van der Waals surface area contributed by atoms with Gasteiger partial charge in [0.05, 0.1) is 6.61 Å². The van der Waals surface area contributed by atoms with Crippen LogP contribution in [0.5, 0.6) is 5.75 Å². The Bertz CT molecular complexity index is 605. The molecule has 3 N–H and O–H groups in total. The summed E-state index contributed by atoms with van der Waals surface area (Å²) in [7, 11) is 0.